The topological polar surface area (TPSA) is 81.1 Å². The largest absolute Gasteiger partial charge is 0.493 e. The lowest BCUT2D eigenvalue weighted by atomic mass is 10.2. The number of amides is 1. The fourth-order valence-corrected chi connectivity index (χ4v) is 3.70. The number of hydrogen-bond acceptors (Lipinski definition) is 7. The van der Waals surface area contributed by atoms with E-state index < -0.39 is 0 Å². The summed E-state index contributed by atoms with van der Waals surface area (Å²) in [5, 5.41) is 8.35. The highest BCUT2D eigenvalue weighted by atomic mass is 32.2. The second kappa shape index (κ2) is 6.88. The van der Waals surface area contributed by atoms with Gasteiger partial charge in [-0.1, -0.05) is 6.07 Å². The van der Waals surface area contributed by atoms with Crippen LogP contribution in [0.25, 0.3) is 6.08 Å². The van der Waals surface area contributed by atoms with Gasteiger partial charge < -0.3 is 18.9 Å². The molecule has 1 fully saturated rings. The lowest BCUT2D eigenvalue weighted by Crippen LogP contribution is -2.28. The van der Waals surface area contributed by atoms with E-state index in [-0.39, 0.29) is 17.9 Å². The Balaban J connectivity index is 1.64. The number of ether oxygens (including phenoxy) is 4. The maximum Gasteiger partial charge on any atom is 0.271 e. The Hall–Kier alpha value is -3.13. The van der Waals surface area contributed by atoms with Crippen LogP contribution in [0.15, 0.2) is 41.3 Å². The van der Waals surface area contributed by atoms with Crippen LogP contribution in [0, 0.1) is 5.41 Å². The molecule has 8 heteroatoms. The van der Waals surface area contributed by atoms with Crippen molar-refractivity contribution in [3.63, 3.8) is 0 Å². The Morgan fingerprint density at radius 3 is 2.63 bits per heavy atom. The normalized spacial score (nSPS) is 17.0. The lowest BCUT2D eigenvalue weighted by Gasteiger charge is -2.14. The van der Waals surface area contributed by atoms with E-state index in [2.05, 4.69) is 0 Å². The first kappa shape index (κ1) is 17.3. The first-order chi connectivity index (χ1) is 13.1. The Bertz CT molecular complexity index is 973. The molecule has 2 aliphatic rings. The van der Waals surface area contributed by atoms with Gasteiger partial charge in [0.05, 0.1) is 24.8 Å². The van der Waals surface area contributed by atoms with Crippen LogP contribution in [-0.2, 0) is 4.79 Å². The molecule has 0 unspecified atom stereocenters. The first-order valence-electron chi connectivity index (χ1n) is 8.05. The predicted molar refractivity (Wildman–Crippen MR) is 103 cm³/mol. The highest BCUT2D eigenvalue weighted by Crippen LogP contribution is 2.40. The van der Waals surface area contributed by atoms with Crippen LogP contribution in [0.1, 0.15) is 5.56 Å². The summed E-state index contributed by atoms with van der Waals surface area (Å²) in [5.41, 5.74) is 1.35. The third-order valence-corrected chi connectivity index (χ3v) is 5.03. The molecule has 0 bridgehead atoms. The average Bonchev–Trinajstić information content (AvgIpc) is 3.25. The van der Waals surface area contributed by atoms with Gasteiger partial charge in [0.15, 0.2) is 28.2 Å². The maximum absolute atomic E-state index is 12.9. The number of fused-ring (bicyclic) bond motifs is 1. The van der Waals surface area contributed by atoms with E-state index in [9.17, 15) is 4.79 Å². The fraction of sp³-hybridized carbons (Fsp3) is 0.158. The standard InChI is InChI=1S/C19H16N2O5S/c1-23-13-5-3-11(7-15(13)24-2)8-17-18(22)21(19(20)27-17)12-4-6-14-16(9-12)26-10-25-14/h3-9,20H,10H2,1-2H3/b17-8-,20-19?. The summed E-state index contributed by atoms with van der Waals surface area (Å²) in [5.74, 6) is 2.12. The van der Waals surface area contributed by atoms with Gasteiger partial charge in [-0.15, -0.1) is 0 Å². The van der Waals surface area contributed by atoms with E-state index in [1.54, 1.807) is 50.6 Å². The Labute approximate surface area is 160 Å². The van der Waals surface area contributed by atoms with Gasteiger partial charge in [0, 0.05) is 6.07 Å². The van der Waals surface area contributed by atoms with E-state index in [0.29, 0.717) is 33.6 Å². The van der Waals surface area contributed by atoms with Crippen molar-refractivity contribution in [2.24, 2.45) is 0 Å². The molecule has 1 amide bonds. The van der Waals surface area contributed by atoms with Gasteiger partial charge in [0.1, 0.15) is 0 Å². The van der Waals surface area contributed by atoms with Gasteiger partial charge in [0.2, 0.25) is 6.79 Å². The van der Waals surface area contributed by atoms with Crippen LogP contribution in [0.4, 0.5) is 5.69 Å². The molecule has 0 atom stereocenters. The lowest BCUT2D eigenvalue weighted by molar-refractivity contribution is -0.113. The van der Waals surface area contributed by atoms with E-state index in [4.69, 9.17) is 24.4 Å². The molecular formula is C19H16N2O5S. The zero-order valence-corrected chi connectivity index (χ0v) is 15.5. The van der Waals surface area contributed by atoms with Gasteiger partial charge >= 0.3 is 0 Å². The number of carbonyl (C=O) groups is 1. The van der Waals surface area contributed by atoms with Gasteiger partial charge in [-0.25, -0.2) is 0 Å². The number of nitrogens with zero attached hydrogens (tertiary/aromatic N) is 1. The van der Waals surface area contributed by atoms with Gasteiger partial charge in [-0.05, 0) is 47.7 Å². The van der Waals surface area contributed by atoms with Crippen molar-refractivity contribution in [2.45, 2.75) is 0 Å². The molecule has 2 aliphatic heterocycles. The molecule has 0 radical (unpaired) electrons. The monoisotopic (exact) mass is 384 g/mol. The van der Waals surface area contributed by atoms with E-state index in [1.165, 1.54) is 4.90 Å². The smallest absolute Gasteiger partial charge is 0.271 e. The van der Waals surface area contributed by atoms with Crippen molar-refractivity contribution in [1.82, 2.24) is 0 Å². The van der Waals surface area contributed by atoms with E-state index in [1.807, 2.05) is 6.07 Å². The van der Waals surface area contributed by atoms with Crippen LogP contribution >= 0.6 is 11.8 Å². The zero-order chi connectivity index (χ0) is 19.0. The van der Waals surface area contributed by atoms with Crippen molar-refractivity contribution in [3.8, 4) is 23.0 Å². The summed E-state index contributed by atoms with van der Waals surface area (Å²) >= 11 is 1.10. The van der Waals surface area contributed by atoms with E-state index in [0.717, 1.165) is 17.3 Å². The molecule has 0 aliphatic carbocycles. The van der Waals surface area contributed by atoms with Crippen LogP contribution in [0.2, 0.25) is 0 Å². The molecular weight excluding hydrogens is 368 g/mol. The van der Waals surface area contributed by atoms with E-state index >= 15 is 0 Å². The first-order valence-corrected chi connectivity index (χ1v) is 8.86. The summed E-state index contributed by atoms with van der Waals surface area (Å²) in [6.07, 6.45) is 1.73. The molecule has 1 saturated heterocycles. The summed E-state index contributed by atoms with van der Waals surface area (Å²) in [4.78, 5) is 14.7. The molecule has 2 aromatic rings. The molecule has 0 saturated carbocycles. The molecule has 2 aromatic carbocycles. The van der Waals surface area contributed by atoms with Crippen LogP contribution < -0.4 is 23.8 Å². The average molecular weight is 384 g/mol. The minimum atomic E-state index is -0.265. The van der Waals surface area contributed by atoms with Crippen LogP contribution in [0.3, 0.4) is 0 Å². The third kappa shape index (κ3) is 3.08. The molecule has 138 valence electrons. The maximum atomic E-state index is 12.9. The number of carbonyl (C=O) groups excluding carboxylic acids is 1. The second-order valence-electron chi connectivity index (χ2n) is 5.71. The summed E-state index contributed by atoms with van der Waals surface area (Å²) in [6.45, 7) is 0.156. The van der Waals surface area contributed by atoms with Crippen LogP contribution in [-0.4, -0.2) is 32.1 Å². The number of thioether (sulfide) groups is 1. The number of nitrogens with one attached hydrogen (secondary N) is 1. The van der Waals surface area contributed by atoms with Crippen molar-refractivity contribution in [2.75, 3.05) is 25.9 Å². The number of methoxy groups -OCH3 is 2. The number of anilines is 1. The Kier molecular flexibility index (Phi) is 4.41. The molecule has 0 spiro atoms. The number of amidine groups is 1. The highest BCUT2D eigenvalue weighted by molar-refractivity contribution is 8.19. The SMILES string of the molecule is COc1ccc(/C=C2\SC(=N)N(c3ccc4c(c3)OCO4)C2=O)cc1OC. The van der Waals surface area contributed by atoms with Gasteiger partial charge in [0.25, 0.3) is 5.91 Å². The summed E-state index contributed by atoms with van der Waals surface area (Å²) < 4.78 is 21.2. The summed E-state index contributed by atoms with van der Waals surface area (Å²) in [6, 6.07) is 10.6. The Morgan fingerprint density at radius 1 is 1.07 bits per heavy atom. The molecule has 4 rings (SSSR count). The highest BCUT2D eigenvalue weighted by Gasteiger charge is 2.34. The van der Waals surface area contributed by atoms with Crippen molar-refractivity contribution >= 4 is 34.6 Å². The molecule has 7 nitrogen and oxygen atoms in total. The second-order valence-corrected chi connectivity index (χ2v) is 6.74. The van der Waals surface area contributed by atoms with Crippen molar-refractivity contribution in [1.29, 1.82) is 5.41 Å². The fourth-order valence-electron chi connectivity index (χ4n) is 2.84. The molecule has 0 aromatic heterocycles. The minimum Gasteiger partial charge on any atom is -0.493 e. The minimum absolute atomic E-state index is 0.130. The third-order valence-electron chi connectivity index (χ3n) is 4.14. The Morgan fingerprint density at radius 2 is 1.85 bits per heavy atom. The van der Waals surface area contributed by atoms with Gasteiger partial charge in [-0.3, -0.25) is 15.1 Å². The predicted octanol–water partition coefficient (Wildman–Crippen LogP) is 3.49. The number of hydrogen-bond donors (Lipinski definition) is 1. The quantitative estimate of drug-likeness (QED) is 0.813. The molecule has 1 N–H and O–H groups in total. The molecule has 27 heavy (non-hydrogen) atoms. The summed E-state index contributed by atoms with van der Waals surface area (Å²) in [7, 11) is 3.12. The van der Waals surface area contributed by atoms with Gasteiger partial charge in [-0.2, -0.15) is 0 Å². The zero-order valence-electron chi connectivity index (χ0n) is 14.6. The van der Waals surface area contributed by atoms with Crippen molar-refractivity contribution < 1.29 is 23.7 Å². The van der Waals surface area contributed by atoms with Crippen molar-refractivity contribution in [3.05, 3.63) is 46.9 Å². The number of rotatable bonds is 4. The molecule has 2 heterocycles. The number of benzene rings is 2. The van der Waals surface area contributed by atoms with Crippen LogP contribution in [0.5, 0.6) is 23.0 Å².